The van der Waals surface area contributed by atoms with Gasteiger partial charge in [-0.2, -0.15) is 0 Å². The summed E-state index contributed by atoms with van der Waals surface area (Å²) in [6.07, 6.45) is 3.50. The number of rotatable bonds is 4. The molecule has 23 heavy (non-hydrogen) atoms. The van der Waals surface area contributed by atoms with Crippen LogP contribution < -0.4 is 4.90 Å². The molecule has 0 spiro atoms. The Balaban J connectivity index is 1.48. The number of anilines is 1. The van der Waals surface area contributed by atoms with Crippen LogP contribution in [0.2, 0.25) is 0 Å². The number of piperidine rings is 1. The van der Waals surface area contributed by atoms with Crippen LogP contribution in [0.15, 0.2) is 24.7 Å². The van der Waals surface area contributed by atoms with Gasteiger partial charge in [0.25, 0.3) is 0 Å². The number of pyridine rings is 1. The van der Waals surface area contributed by atoms with E-state index in [1.807, 2.05) is 4.57 Å². The lowest BCUT2D eigenvalue weighted by Gasteiger charge is -2.21. The monoisotopic (exact) mass is 310 g/mol. The van der Waals surface area contributed by atoms with E-state index in [0.29, 0.717) is 12.2 Å². The molecule has 1 saturated heterocycles. The van der Waals surface area contributed by atoms with E-state index in [0.717, 1.165) is 42.4 Å². The number of carbonyl (C=O) groups excluding carboxylic acids is 1. The smallest absolute Gasteiger partial charge is 0.179 e. The fourth-order valence-electron chi connectivity index (χ4n) is 3.76. The SMILES string of the molecule is CC(=O)c1cn(Cc2ccc(N3C[C@@H]4[C@H](C)[C@@H]4C3)nc2C)cn1. The van der Waals surface area contributed by atoms with Crippen LogP contribution in [0.4, 0.5) is 5.82 Å². The molecule has 0 radical (unpaired) electrons. The number of Topliss-reactive ketones (excluding diaryl/α,β-unsaturated/α-hetero) is 1. The maximum absolute atomic E-state index is 11.3. The van der Waals surface area contributed by atoms with Gasteiger partial charge in [0.1, 0.15) is 11.5 Å². The molecule has 2 fully saturated rings. The Morgan fingerprint density at radius 3 is 2.65 bits per heavy atom. The topological polar surface area (TPSA) is 51.0 Å². The summed E-state index contributed by atoms with van der Waals surface area (Å²) < 4.78 is 1.94. The average molecular weight is 310 g/mol. The summed E-state index contributed by atoms with van der Waals surface area (Å²) in [5.74, 6) is 3.76. The summed E-state index contributed by atoms with van der Waals surface area (Å²) in [4.78, 5) is 22.7. The van der Waals surface area contributed by atoms with Crippen molar-refractivity contribution < 1.29 is 4.79 Å². The molecule has 0 aromatic carbocycles. The summed E-state index contributed by atoms with van der Waals surface area (Å²) in [5.41, 5.74) is 2.73. The first-order valence-electron chi connectivity index (χ1n) is 8.27. The van der Waals surface area contributed by atoms with Crippen LogP contribution in [0.3, 0.4) is 0 Å². The van der Waals surface area contributed by atoms with Gasteiger partial charge in [0.05, 0.1) is 12.9 Å². The lowest BCUT2D eigenvalue weighted by Crippen LogP contribution is -2.24. The second kappa shape index (κ2) is 5.18. The fourth-order valence-corrected chi connectivity index (χ4v) is 3.76. The van der Waals surface area contributed by atoms with Crippen molar-refractivity contribution in [3.8, 4) is 0 Å². The highest BCUT2D eigenvalue weighted by atomic mass is 16.1. The average Bonchev–Trinajstić information content (AvgIpc) is 2.94. The molecule has 2 aliphatic rings. The third-order valence-electron chi connectivity index (χ3n) is 5.47. The van der Waals surface area contributed by atoms with Gasteiger partial charge in [-0.05, 0) is 36.3 Å². The van der Waals surface area contributed by atoms with Gasteiger partial charge in [-0.15, -0.1) is 0 Å². The lowest BCUT2D eigenvalue weighted by atomic mass is 10.2. The van der Waals surface area contributed by atoms with Gasteiger partial charge >= 0.3 is 0 Å². The number of aryl methyl sites for hydroxylation is 1. The van der Waals surface area contributed by atoms with E-state index >= 15 is 0 Å². The van der Waals surface area contributed by atoms with Crippen molar-refractivity contribution in [2.45, 2.75) is 27.3 Å². The highest BCUT2D eigenvalue weighted by Crippen LogP contribution is 2.51. The van der Waals surface area contributed by atoms with Gasteiger partial charge in [0, 0.05) is 31.9 Å². The number of fused-ring (bicyclic) bond motifs is 1. The predicted octanol–water partition coefficient (Wildman–Crippen LogP) is 2.54. The summed E-state index contributed by atoms with van der Waals surface area (Å²) in [6.45, 7) is 8.95. The van der Waals surface area contributed by atoms with Crippen molar-refractivity contribution in [2.24, 2.45) is 17.8 Å². The van der Waals surface area contributed by atoms with E-state index in [1.54, 1.807) is 12.5 Å². The molecule has 120 valence electrons. The minimum absolute atomic E-state index is 0.00392. The van der Waals surface area contributed by atoms with E-state index in [2.05, 4.69) is 35.9 Å². The van der Waals surface area contributed by atoms with Gasteiger partial charge in [-0.25, -0.2) is 9.97 Å². The quantitative estimate of drug-likeness (QED) is 0.814. The molecule has 1 aliphatic carbocycles. The zero-order valence-corrected chi connectivity index (χ0v) is 13.9. The zero-order chi connectivity index (χ0) is 16.1. The van der Waals surface area contributed by atoms with Crippen LogP contribution >= 0.6 is 0 Å². The first-order chi connectivity index (χ1) is 11.0. The minimum atomic E-state index is -0.00392. The normalized spacial score (nSPS) is 25.5. The third-order valence-corrected chi connectivity index (χ3v) is 5.47. The van der Waals surface area contributed by atoms with Gasteiger partial charge < -0.3 is 9.47 Å². The Bertz CT molecular complexity index is 754. The first-order valence-corrected chi connectivity index (χ1v) is 8.27. The number of aromatic nitrogens is 3. The van der Waals surface area contributed by atoms with Crippen LogP contribution in [0, 0.1) is 24.7 Å². The second-order valence-corrected chi connectivity index (χ2v) is 6.99. The summed E-state index contributed by atoms with van der Waals surface area (Å²) >= 11 is 0. The number of nitrogens with zero attached hydrogens (tertiary/aromatic N) is 4. The molecule has 3 atom stereocenters. The van der Waals surface area contributed by atoms with Gasteiger partial charge in [-0.1, -0.05) is 13.0 Å². The third kappa shape index (κ3) is 2.54. The predicted molar refractivity (Wildman–Crippen MR) is 88.7 cm³/mol. The van der Waals surface area contributed by atoms with Gasteiger partial charge in [0.2, 0.25) is 0 Å². The van der Waals surface area contributed by atoms with E-state index in [-0.39, 0.29) is 5.78 Å². The Morgan fingerprint density at radius 2 is 2.04 bits per heavy atom. The molecule has 0 amide bonds. The Kier molecular flexibility index (Phi) is 3.25. The second-order valence-electron chi connectivity index (χ2n) is 6.99. The largest absolute Gasteiger partial charge is 0.356 e. The molecule has 2 aromatic rings. The highest BCUT2D eigenvalue weighted by Gasteiger charge is 2.52. The molecular weight excluding hydrogens is 288 g/mol. The van der Waals surface area contributed by atoms with Crippen LogP contribution in [0.25, 0.3) is 0 Å². The molecule has 1 aliphatic heterocycles. The van der Waals surface area contributed by atoms with Crippen molar-refractivity contribution >= 4 is 11.6 Å². The van der Waals surface area contributed by atoms with Gasteiger partial charge in [-0.3, -0.25) is 4.79 Å². The van der Waals surface area contributed by atoms with Crippen LogP contribution in [0.5, 0.6) is 0 Å². The molecule has 5 heteroatoms. The van der Waals surface area contributed by atoms with E-state index < -0.39 is 0 Å². The van der Waals surface area contributed by atoms with Crippen molar-refractivity contribution in [1.82, 2.24) is 14.5 Å². The molecule has 0 unspecified atom stereocenters. The van der Waals surface area contributed by atoms with E-state index in [4.69, 9.17) is 4.98 Å². The number of hydrogen-bond acceptors (Lipinski definition) is 4. The maximum Gasteiger partial charge on any atom is 0.179 e. The van der Waals surface area contributed by atoms with Crippen LogP contribution in [0.1, 0.15) is 35.6 Å². The van der Waals surface area contributed by atoms with Crippen LogP contribution in [-0.4, -0.2) is 33.4 Å². The number of imidazole rings is 1. The number of hydrogen-bond donors (Lipinski definition) is 0. The molecule has 0 bridgehead atoms. The first kappa shape index (κ1) is 14.4. The Morgan fingerprint density at radius 1 is 1.30 bits per heavy atom. The van der Waals surface area contributed by atoms with Crippen LogP contribution in [-0.2, 0) is 6.54 Å². The minimum Gasteiger partial charge on any atom is -0.356 e. The number of ketones is 1. The lowest BCUT2D eigenvalue weighted by molar-refractivity contribution is 0.101. The van der Waals surface area contributed by atoms with Crippen molar-refractivity contribution in [3.63, 3.8) is 0 Å². The Hall–Kier alpha value is -2.17. The molecule has 4 rings (SSSR count). The van der Waals surface area contributed by atoms with E-state index in [1.165, 1.54) is 12.5 Å². The molecule has 3 heterocycles. The summed E-state index contributed by atoms with van der Waals surface area (Å²) in [7, 11) is 0. The zero-order valence-electron chi connectivity index (χ0n) is 13.9. The summed E-state index contributed by atoms with van der Waals surface area (Å²) in [6, 6.07) is 4.28. The molecular formula is C18H22N4O. The highest BCUT2D eigenvalue weighted by molar-refractivity contribution is 5.91. The molecule has 0 N–H and O–H groups in total. The molecule has 5 nitrogen and oxygen atoms in total. The molecule has 2 aromatic heterocycles. The maximum atomic E-state index is 11.3. The summed E-state index contributed by atoms with van der Waals surface area (Å²) in [5, 5.41) is 0. The van der Waals surface area contributed by atoms with Crippen molar-refractivity contribution in [1.29, 1.82) is 0 Å². The van der Waals surface area contributed by atoms with Crippen molar-refractivity contribution in [2.75, 3.05) is 18.0 Å². The standard InChI is InChI=1S/C18H22N4O/c1-11-15-7-22(8-16(11)15)18-5-4-14(12(2)20-18)6-21-9-17(13(3)23)19-10-21/h4-5,9-11,15-16H,6-8H2,1-3H3/t11-,15+,16-. The molecule has 1 saturated carbocycles. The van der Waals surface area contributed by atoms with Gasteiger partial charge in [0.15, 0.2) is 5.78 Å². The van der Waals surface area contributed by atoms with E-state index in [9.17, 15) is 4.79 Å². The number of carbonyl (C=O) groups is 1. The van der Waals surface area contributed by atoms with Crippen molar-refractivity contribution in [3.05, 3.63) is 41.6 Å². The Labute approximate surface area is 136 Å². The fraction of sp³-hybridized carbons (Fsp3) is 0.500.